The molecule has 1 amide bonds. The summed E-state index contributed by atoms with van der Waals surface area (Å²) in [5.41, 5.74) is 6.09. The second-order valence-corrected chi connectivity index (χ2v) is 6.08. The van der Waals surface area contributed by atoms with Gasteiger partial charge >= 0.3 is 0 Å². The van der Waals surface area contributed by atoms with Gasteiger partial charge in [0.2, 0.25) is 0 Å². The van der Waals surface area contributed by atoms with Crippen molar-refractivity contribution in [2.75, 3.05) is 18.9 Å². The number of carbonyl (C=O) groups is 1. The van der Waals surface area contributed by atoms with Crippen molar-refractivity contribution in [3.05, 3.63) is 56.6 Å². The van der Waals surface area contributed by atoms with Crippen molar-refractivity contribution in [1.82, 2.24) is 5.32 Å². The number of halogens is 1. The molecule has 26 heavy (non-hydrogen) atoms. The highest BCUT2D eigenvalue weighted by Gasteiger charge is 2.18. The van der Waals surface area contributed by atoms with Gasteiger partial charge in [0.1, 0.15) is 5.69 Å². The number of carbonyl (C=O) groups excluding carboxylic acids is 1. The molecule has 9 heteroatoms. The third-order valence-corrected chi connectivity index (χ3v) is 4.09. The number of fused-ring (bicyclic) bond motifs is 1. The van der Waals surface area contributed by atoms with E-state index in [1.54, 1.807) is 12.1 Å². The van der Waals surface area contributed by atoms with Crippen LogP contribution in [0.4, 0.5) is 11.4 Å². The molecule has 0 spiro atoms. The molecule has 0 radical (unpaired) electrons. The van der Waals surface area contributed by atoms with Gasteiger partial charge in [-0.05, 0) is 29.8 Å². The van der Waals surface area contributed by atoms with E-state index in [9.17, 15) is 14.9 Å². The zero-order valence-corrected chi connectivity index (χ0v) is 14.4. The molecule has 0 bridgehead atoms. The average Bonchev–Trinajstić information content (AvgIpc) is 2.85. The Hall–Kier alpha value is -3.00. The number of anilines is 1. The number of benzene rings is 2. The lowest BCUT2D eigenvalue weighted by Gasteiger charge is -2.12. The van der Waals surface area contributed by atoms with Crippen LogP contribution in [0.15, 0.2) is 30.3 Å². The number of nitrogens with two attached hydrogens (primary N) is 1. The van der Waals surface area contributed by atoms with E-state index in [4.69, 9.17) is 26.8 Å². The van der Waals surface area contributed by atoms with Crippen molar-refractivity contribution in [2.24, 2.45) is 0 Å². The summed E-state index contributed by atoms with van der Waals surface area (Å²) in [6.45, 7) is 1.22. The fraction of sp³-hybridized carbons (Fsp3) is 0.235. The highest BCUT2D eigenvalue weighted by atomic mass is 35.5. The minimum Gasteiger partial charge on any atom is -0.489 e. The van der Waals surface area contributed by atoms with Gasteiger partial charge in [-0.1, -0.05) is 11.6 Å². The lowest BCUT2D eigenvalue weighted by Crippen LogP contribution is -2.23. The molecule has 0 saturated heterocycles. The number of nitro benzene ring substituents is 1. The minimum absolute atomic E-state index is 0.00114. The molecule has 0 aromatic heterocycles. The van der Waals surface area contributed by atoms with Crippen LogP contribution in [-0.2, 0) is 6.54 Å². The third-order valence-electron chi connectivity index (χ3n) is 3.80. The maximum Gasteiger partial charge on any atom is 0.292 e. The Kier molecular flexibility index (Phi) is 5.13. The molecule has 1 heterocycles. The summed E-state index contributed by atoms with van der Waals surface area (Å²) in [6.07, 6.45) is 0.757. The van der Waals surface area contributed by atoms with Crippen LogP contribution in [0.5, 0.6) is 11.5 Å². The first-order chi connectivity index (χ1) is 12.5. The first-order valence-corrected chi connectivity index (χ1v) is 8.23. The van der Waals surface area contributed by atoms with Crippen LogP contribution in [0.3, 0.4) is 0 Å². The van der Waals surface area contributed by atoms with Crippen LogP contribution >= 0.6 is 11.6 Å². The van der Waals surface area contributed by atoms with E-state index in [0.29, 0.717) is 29.7 Å². The summed E-state index contributed by atoms with van der Waals surface area (Å²) >= 11 is 6.22. The summed E-state index contributed by atoms with van der Waals surface area (Å²) in [5.74, 6) is 0.562. The van der Waals surface area contributed by atoms with E-state index in [2.05, 4.69) is 5.32 Å². The number of nitro groups is 1. The zero-order chi connectivity index (χ0) is 18.7. The van der Waals surface area contributed by atoms with Crippen LogP contribution < -0.4 is 20.5 Å². The number of nitrogens with one attached hydrogen (secondary N) is 1. The van der Waals surface area contributed by atoms with Gasteiger partial charge in [0.25, 0.3) is 11.6 Å². The Morgan fingerprint density at radius 1 is 1.27 bits per heavy atom. The van der Waals surface area contributed by atoms with E-state index in [0.717, 1.165) is 18.1 Å². The van der Waals surface area contributed by atoms with Crippen molar-refractivity contribution in [3.63, 3.8) is 0 Å². The second kappa shape index (κ2) is 7.49. The highest BCUT2D eigenvalue weighted by Crippen LogP contribution is 2.38. The monoisotopic (exact) mass is 377 g/mol. The predicted molar refractivity (Wildman–Crippen MR) is 95.7 cm³/mol. The molecule has 8 nitrogen and oxygen atoms in total. The van der Waals surface area contributed by atoms with Crippen LogP contribution in [0.2, 0.25) is 5.02 Å². The molecule has 2 aromatic carbocycles. The number of ether oxygens (including phenoxy) is 2. The standard InChI is InChI=1S/C17H16ClN3O5/c18-12-6-10(7-15-16(12)26-5-1-4-25-15)9-20-17(22)11-2-3-13(19)14(8-11)21(23)24/h2-3,6-8H,1,4-5,9,19H2,(H,20,22). The summed E-state index contributed by atoms with van der Waals surface area (Å²) in [6, 6.07) is 7.33. The molecule has 0 unspecified atom stereocenters. The third kappa shape index (κ3) is 3.80. The predicted octanol–water partition coefficient (Wildman–Crippen LogP) is 2.92. The van der Waals surface area contributed by atoms with Crippen molar-refractivity contribution in [3.8, 4) is 11.5 Å². The van der Waals surface area contributed by atoms with Gasteiger partial charge in [-0.25, -0.2) is 0 Å². The maximum absolute atomic E-state index is 12.3. The fourth-order valence-electron chi connectivity index (χ4n) is 2.51. The fourth-order valence-corrected chi connectivity index (χ4v) is 2.80. The van der Waals surface area contributed by atoms with Crippen molar-refractivity contribution in [1.29, 1.82) is 0 Å². The van der Waals surface area contributed by atoms with Gasteiger partial charge < -0.3 is 20.5 Å². The molecule has 136 valence electrons. The molecule has 0 atom stereocenters. The zero-order valence-electron chi connectivity index (χ0n) is 13.7. The topological polar surface area (TPSA) is 117 Å². The van der Waals surface area contributed by atoms with Gasteiger partial charge in [-0.15, -0.1) is 0 Å². The molecule has 1 aliphatic rings. The summed E-state index contributed by atoms with van der Waals surface area (Å²) in [5, 5.41) is 14.0. The highest BCUT2D eigenvalue weighted by molar-refractivity contribution is 6.32. The largest absolute Gasteiger partial charge is 0.489 e. The molecule has 1 aliphatic heterocycles. The lowest BCUT2D eigenvalue weighted by molar-refractivity contribution is -0.383. The van der Waals surface area contributed by atoms with Crippen LogP contribution in [0, 0.1) is 10.1 Å². The summed E-state index contributed by atoms with van der Waals surface area (Å²) < 4.78 is 11.2. The molecule has 0 saturated carbocycles. The van der Waals surface area contributed by atoms with Gasteiger partial charge in [-0.3, -0.25) is 14.9 Å². The SMILES string of the molecule is Nc1ccc(C(=O)NCc2cc(Cl)c3c(c2)OCCCO3)cc1[N+](=O)[O-]. The van der Waals surface area contributed by atoms with Crippen LogP contribution in [0.1, 0.15) is 22.3 Å². The minimum atomic E-state index is -0.629. The average molecular weight is 378 g/mol. The van der Waals surface area contributed by atoms with E-state index >= 15 is 0 Å². The van der Waals surface area contributed by atoms with Gasteiger partial charge in [0.15, 0.2) is 11.5 Å². The molecule has 3 rings (SSSR count). The van der Waals surface area contributed by atoms with Gasteiger partial charge in [0.05, 0.1) is 23.2 Å². The number of amides is 1. The molecule has 0 aliphatic carbocycles. The normalized spacial score (nSPS) is 13.0. The molecule has 3 N–H and O–H groups in total. The van der Waals surface area contributed by atoms with E-state index in [1.165, 1.54) is 12.1 Å². The maximum atomic E-state index is 12.3. The van der Waals surface area contributed by atoms with Crippen molar-refractivity contribution < 1.29 is 19.2 Å². The summed E-state index contributed by atoms with van der Waals surface area (Å²) in [4.78, 5) is 22.6. The quantitative estimate of drug-likeness (QED) is 0.480. The molecular weight excluding hydrogens is 362 g/mol. The first kappa shape index (κ1) is 17.8. The molecule has 0 fully saturated rings. The number of nitrogen functional groups attached to an aromatic ring is 1. The van der Waals surface area contributed by atoms with Crippen molar-refractivity contribution in [2.45, 2.75) is 13.0 Å². The number of rotatable bonds is 4. The van der Waals surface area contributed by atoms with E-state index in [1.807, 2.05) is 0 Å². The number of nitrogens with zero attached hydrogens (tertiary/aromatic N) is 1. The van der Waals surface area contributed by atoms with Crippen molar-refractivity contribution >= 4 is 28.9 Å². The smallest absolute Gasteiger partial charge is 0.292 e. The number of hydrogen-bond acceptors (Lipinski definition) is 6. The van der Waals surface area contributed by atoms with Crippen LogP contribution in [-0.4, -0.2) is 24.0 Å². The van der Waals surface area contributed by atoms with Gasteiger partial charge in [-0.2, -0.15) is 0 Å². The van der Waals surface area contributed by atoms with Crippen LogP contribution in [0.25, 0.3) is 0 Å². The molecule has 2 aromatic rings. The lowest BCUT2D eigenvalue weighted by atomic mass is 10.1. The Morgan fingerprint density at radius 3 is 2.81 bits per heavy atom. The Labute approximate surface area is 154 Å². The number of hydrogen-bond donors (Lipinski definition) is 2. The Balaban J connectivity index is 1.74. The van der Waals surface area contributed by atoms with E-state index < -0.39 is 10.8 Å². The van der Waals surface area contributed by atoms with Gasteiger partial charge in [0, 0.05) is 24.6 Å². The first-order valence-electron chi connectivity index (χ1n) is 7.86. The second-order valence-electron chi connectivity index (χ2n) is 5.67. The summed E-state index contributed by atoms with van der Waals surface area (Å²) in [7, 11) is 0. The van der Waals surface area contributed by atoms with E-state index in [-0.39, 0.29) is 23.5 Å². The Morgan fingerprint density at radius 2 is 2.04 bits per heavy atom. The Bertz CT molecular complexity index is 872. The molecular formula is C17H16ClN3O5.